The fourth-order valence-corrected chi connectivity index (χ4v) is 2.52. The third-order valence-electron chi connectivity index (χ3n) is 3.64. The predicted molar refractivity (Wildman–Crippen MR) is 116 cm³/mol. The molecule has 2 aromatic carbocycles. The van der Waals surface area contributed by atoms with Crippen LogP contribution >= 0.6 is 35.6 Å². The van der Waals surface area contributed by atoms with E-state index in [0.29, 0.717) is 24.9 Å². The van der Waals surface area contributed by atoms with Gasteiger partial charge in [-0.3, -0.25) is 4.99 Å². The van der Waals surface area contributed by atoms with Crippen LogP contribution in [0.2, 0.25) is 5.02 Å². The lowest BCUT2D eigenvalue weighted by molar-refractivity contribution is 0.572. The zero-order valence-electron chi connectivity index (χ0n) is 14.3. The standard InChI is InChI=1S/C19H19ClN4O.HI/c1-21-19(22-11-15-9-5-6-10-17(15)20)23-12-16-13-25-18(24-16)14-7-3-2-4-8-14;/h2-10,13H,11-12H2,1H3,(H2,21,22,23);1H. The summed E-state index contributed by atoms with van der Waals surface area (Å²) in [5.41, 5.74) is 2.77. The fraction of sp³-hybridized carbons (Fsp3) is 0.158. The molecule has 0 aliphatic rings. The van der Waals surface area contributed by atoms with Crippen LogP contribution in [0.15, 0.2) is 70.3 Å². The zero-order valence-corrected chi connectivity index (χ0v) is 17.4. The Kier molecular flexibility index (Phi) is 7.93. The number of rotatable bonds is 5. The SMILES string of the molecule is CN=C(NCc1coc(-c2ccccc2)n1)NCc1ccccc1Cl.I. The van der Waals surface area contributed by atoms with Gasteiger partial charge in [0.1, 0.15) is 6.26 Å². The number of halogens is 2. The van der Waals surface area contributed by atoms with E-state index in [2.05, 4.69) is 20.6 Å². The Balaban J connectivity index is 0.00000243. The van der Waals surface area contributed by atoms with Crippen LogP contribution in [0, 0.1) is 0 Å². The minimum Gasteiger partial charge on any atom is -0.444 e. The van der Waals surface area contributed by atoms with Crippen molar-refractivity contribution < 1.29 is 4.42 Å². The van der Waals surface area contributed by atoms with E-state index in [0.717, 1.165) is 21.8 Å². The van der Waals surface area contributed by atoms with Gasteiger partial charge in [0.15, 0.2) is 5.96 Å². The van der Waals surface area contributed by atoms with Gasteiger partial charge in [-0.1, -0.05) is 48.0 Å². The Hall–Kier alpha value is -2.06. The summed E-state index contributed by atoms with van der Waals surface area (Å²) in [5, 5.41) is 7.18. The van der Waals surface area contributed by atoms with Gasteiger partial charge >= 0.3 is 0 Å². The van der Waals surface area contributed by atoms with Crippen molar-refractivity contribution >= 4 is 41.5 Å². The number of nitrogens with zero attached hydrogens (tertiary/aromatic N) is 2. The van der Waals surface area contributed by atoms with Gasteiger partial charge in [-0.15, -0.1) is 24.0 Å². The quantitative estimate of drug-likeness (QED) is 0.320. The molecule has 0 amide bonds. The monoisotopic (exact) mass is 482 g/mol. The molecule has 0 atom stereocenters. The molecule has 0 spiro atoms. The number of nitrogens with one attached hydrogen (secondary N) is 2. The van der Waals surface area contributed by atoms with Crippen molar-refractivity contribution in [3.05, 3.63) is 77.1 Å². The molecule has 0 bridgehead atoms. The molecule has 0 aliphatic carbocycles. The lowest BCUT2D eigenvalue weighted by Crippen LogP contribution is -2.36. The number of oxazole rings is 1. The van der Waals surface area contributed by atoms with Crippen molar-refractivity contribution in [2.24, 2.45) is 4.99 Å². The largest absolute Gasteiger partial charge is 0.444 e. The topological polar surface area (TPSA) is 62.5 Å². The molecular formula is C19H20ClIN4O. The normalized spacial score (nSPS) is 10.9. The van der Waals surface area contributed by atoms with E-state index >= 15 is 0 Å². The number of hydrogen-bond acceptors (Lipinski definition) is 3. The molecular weight excluding hydrogens is 463 g/mol. The van der Waals surface area contributed by atoms with E-state index in [4.69, 9.17) is 16.0 Å². The summed E-state index contributed by atoms with van der Waals surface area (Å²) < 4.78 is 5.53. The van der Waals surface area contributed by atoms with E-state index in [1.165, 1.54) is 0 Å². The van der Waals surface area contributed by atoms with Gasteiger partial charge in [0.2, 0.25) is 5.89 Å². The first kappa shape index (κ1) is 20.3. The molecule has 0 saturated heterocycles. The highest BCUT2D eigenvalue weighted by atomic mass is 127. The Bertz CT molecular complexity index is 852. The summed E-state index contributed by atoms with van der Waals surface area (Å²) in [6.45, 7) is 1.10. The van der Waals surface area contributed by atoms with Gasteiger partial charge in [0.05, 0.1) is 12.2 Å². The molecule has 136 valence electrons. The summed E-state index contributed by atoms with van der Waals surface area (Å²) in [6.07, 6.45) is 1.65. The first-order chi connectivity index (χ1) is 12.3. The lowest BCUT2D eigenvalue weighted by atomic mass is 10.2. The van der Waals surface area contributed by atoms with Crippen molar-refractivity contribution in [2.45, 2.75) is 13.1 Å². The highest BCUT2D eigenvalue weighted by Crippen LogP contribution is 2.17. The van der Waals surface area contributed by atoms with Gasteiger partial charge in [-0.05, 0) is 23.8 Å². The van der Waals surface area contributed by atoms with Crippen molar-refractivity contribution in [3.8, 4) is 11.5 Å². The van der Waals surface area contributed by atoms with Crippen molar-refractivity contribution in [1.82, 2.24) is 15.6 Å². The predicted octanol–water partition coefficient (Wildman–Crippen LogP) is 4.48. The number of aliphatic imine (C=N–C) groups is 1. The molecule has 26 heavy (non-hydrogen) atoms. The average molecular weight is 483 g/mol. The number of guanidine groups is 1. The van der Waals surface area contributed by atoms with Crippen LogP contribution < -0.4 is 10.6 Å². The van der Waals surface area contributed by atoms with Gasteiger partial charge in [0, 0.05) is 24.2 Å². The fourth-order valence-electron chi connectivity index (χ4n) is 2.32. The van der Waals surface area contributed by atoms with Crippen molar-refractivity contribution in [1.29, 1.82) is 0 Å². The molecule has 0 aliphatic heterocycles. The van der Waals surface area contributed by atoms with E-state index < -0.39 is 0 Å². The molecule has 3 rings (SSSR count). The number of hydrogen-bond donors (Lipinski definition) is 2. The smallest absolute Gasteiger partial charge is 0.226 e. The Morgan fingerprint density at radius 2 is 1.73 bits per heavy atom. The second-order valence-electron chi connectivity index (χ2n) is 5.38. The van der Waals surface area contributed by atoms with Gasteiger partial charge in [-0.2, -0.15) is 0 Å². The second-order valence-corrected chi connectivity index (χ2v) is 5.79. The van der Waals surface area contributed by atoms with Crippen molar-refractivity contribution in [3.63, 3.8) is 0 Å². The molecule has 0 radical (unpaired) electrons. The maximum atomic E-state index is 6.16. The minimum atomic E-state index is 0. The van der Waals surface area contributed by atoms with E-state index in [-0.39, 0.29) is 24.0 Å². The molecule has 0 saturated carbocycles. The van der Waals surface area contributed by atoms with Crippen molar-refractivity contribution in [2.75, 3.05) is 7.05 Å². The van der Waals surface area contributed by atoms with Crippen LogP contribution in [-0.2, 0) is 13.1 Å². The highest BCUT2D eigenvalue weighted by molar-refractivity contribution is 14.0. The molecule has 0 fully saturated rings. The van der Waals surface area contributed by atoms with Crippen LogP contribution in [-0.4, -0.2) is 18.0 Å². The zero-order chi connectivity index (χ0) is 17.5. The van der Waals surface area contributed by atoms with E-state index in [1.54, 1.807) is 13.3 Å². The highest BCUT2D eigenvalue weighted by Gasteiger charge is 2.07. The number of aromatic nitrogens is 1. The number of benzene rings is 2. The molecule has 0 unspecified atom stereocenters. The Morgan fingerprint density at radius 3 is 2.46 bits per heavy atom. The van der Waals surface area contributed by atoms with Crippen LogP contribution in [0.4, 0.5) is 0 Å². The maximum absolute atomic E-state index is 6.16. The summed E-state index contributed by atoms with van der Waals surface area (Å²) in [5.74, 6) is 1.28. The first-order valence-corrected chi connectivity index (χ1v) is 8.32. The summed E-state index contributed by atoms with van der Waals surface area (Å²) in [4.78, 5) is 8.69. The maximum Gasteiger partial charge on any atom is 0.226 e. The van der Waals surface area contributed by atoms with Crippen LogP contribution in [0.5, 0.6) is 0 Å². The van der Waals surface area contributed by atoms with Crippen LogP contribution in [0.1, 0.15) is 11.3 Å². The molecule has 2 N–H and O–H groups in total. The lowest BCUT2D eigenvalue weighted by Gasteiger charge is -2.11. The average Bonchev–Trinajstić information content (AvgIpc) is 3.13. The third-order valence-corrected chi connectivity index (χ3v) is 4.01. The van der Waals surface area contributed by atoms with E-state index in [1.807, 2.05) is 54.6 Å². The van der Waals surface area contributed by atoms with Gasteiger partial charge in [-0.25, -0.2) is 4.98 Å². The molecule has 1 heterocycles. The van der Waals surface area contributed by atoms with E-state index in [9.17, 15) is 0 Å². The molecule has 5 nitrogen and oxygen atoms in total. The summed E-state index contributed by atoms with van der Waals surface area (Å²) in [6, 6.07) is 17.5. The van der Waals surface area contributed by atoms with Crippen LogP contribution in [0.3, 0.4) is 0 Å². The second kappa shape index (κ2) is 10.2. The Labute approximate surface area is 174 Å². The van der Waals surface area contributed by atoms with Crippen LogP contribution in [0.25, 0.3) is 11.5 Å². The van der Waals surface area contributed by atoms with Gasteiger partial charge < -0.3 is 15.1 Å². The summed E-state index contributed by atoms with van der Waals surface area (Å²) >= 11 is 6.16. The minimum absolute atomic E-state index is 0. The summed E-state index contributed by atoms with van der Waals surface area (Å²) in [7, 11) is 1.72. The molecule has 1 aromatic heterocycles. The first-order valence-electron chi connectivity index (χ1n) is 7.94. The van der Waals surface area contributed by atoms with Gasteiger partial charge in [0.25, 0.3) is 0 Å². The third kappa shape index (κ3) is 5.47. The molecule has 3 aromatic rings. The Morgan fingerprint density at radius 1 is 1.04 bits per heavy atom. The molecule has 7 heteroatoms.